The lowest BCUT2D eigenvalue weighted by Crippen LogP contribution is -2.13. The Hall–Kier alpha value is -4.03. The zero-order chi connectivity index (χ0) is 22.1. The SMILES string of the molecule is O=C(Nc1ccc(O)c(-c2nc3cc(Cl)ccc3o2)c1)OCc1ccc2ccccc2c1. The highest BCUT2D eigenvalue weighted by atomic mass is 35.5. The average Bonchev–Trinajstić information content (AvgIpc) is 3.22. The summed E-state index contributed by atoms with van der Waals surface area (Å²) in [5.41, 5.74) is 2.76. The smallest absolute Gasteiger partial charge is 0.411 e. The largest absolute Gasteiger partial charge is 0.507 e. The number of phenolic OH excluding ortho intramolecular Hbond substituents is 1. The number of carbonyl (C=O) groups is 1. The topological polar surface area (TPSA) is 84.6 Å². The fourth-order valence-electron chi connectivity index (χ4n) is 3.43. The van der Waals surface area contributed by atoms with Crippen molar-refractivity contribution in [1.29, 1.82) is 0 Å². The van der Waals surface area contributed by atoms with E-state index in [0.717, 1.165) is 16.3 Å². The van der Waals surface area contributed by atoms with Crippen LogP contribution in [0.2, 0.25) is 5.02 Å². The summed E-state index contributed by atoms with van der Waals surface area (Å²) >= 11 is 6.00. The highest BCUT2D eigenvalue weighted by molar-refractivity contribution is 6.31. The van der Waals surface area contributed by atoms with Gasteiger partial charge in [0.25, 0.3) is 0 Å². The Balaban J connectivity index is 1.30. The van der Waals surface area contributed by atoms with Crippen LogP contribution in [0.1, 0.15) is 5.56 Å². The van der Waals surface area contributed by atoms with E-state index in [1.807, 2.05) is 42.5 Å². The first kappa shape index (κ1) is 19.9. The number of amides is 1. The van der Waals surface area contributed by atoms with E-state index in [1.165, 1.54) is 6.07 Å². The number of benzene rings is 4. The minimum atomic E-state index is -0.612. The van der Waals surface area contributed by atoms with E-state index in [0.29, 0.717) is 27.4 Å². The molecule has 5 rings (SSSR count). The molecule has 158 valence electrons. The molecule has 0 unspecified atom stereocenters. The Morgan fingerprint density at radius 2 is 1.84 bits per heavy atom. The molecule has 0 saturated carbocycles. The Kier molecular flexibility index (Phi) is 5.13. The Morgan fingerprint density at radius 3 is 2.72 bits per heavy atom. The number of fused-ring (bicyclic) bond motifs is 2. The third-order valence-electron chi connectivity index (χ3n) is 5.01. The number of carbonyl (C=O) groups excluding carboxylic acids is 1. The highest BCUT2D eigenvalue weighted by Gasteiger charge is 2.15. The summed E-state index contributed by atoms with van der Waals surface area (Å²) in [4.78, 5) is 16.7. The zero-order valence-electron chi connectivity index (χ0n) is 16.7. The number of nitrogens with zero attached hydrogens (tertiary/aromatic N) is 1. The lowest BCUT2D eigenvalue weighted by Gasteiger charge is -2.09. The van der Waals surface area contributed by atoms with Gasteiger partial charge >= 0.3 is 6.09 Å². The third kappa shape index (κ3) is 4.08. The first-order chi connectivity index (χ1) is 15.5. The van der Waals surface area contributed by atoms with Gasteiger partial charge in [-0.2, -0.15) is 0 Å². The number of aromatic nitrogens is 1. The summed E-state index contributed by atoms with van der Waals surface area (Å²) < 4.78 is 11.1. The molecule has 7 heteroatoms. The molecule has 0 saturated heterocycles. The van der Waals surface area contributed by atoms with Gasteiger partial charge in [-0.15, -0.1) is 0 Å². The maximum Gasteiger partial charge on any atom is 0.411 e. The molecule has 5 aromatic rings. The van der Waals surface area contributed by atoms with E-state index in [9.17, 15) is 9.90 Å². The molecule has 0 aliphatic carbocycles. The first-order valence-corrected chi connectivity index (χ1v) is 10.2. The summed E-state index contributed by atoms with van der Waals surface area (Å²) in [5.74, 6) is 0.186. The summed E-state index contributed by atoms with van der Waals surface area (Å²) in [5, 5.41) is 15.7. The van der Waals surface area contributed by atoms with Crippen molar-refractivity contribution in [3.8, 4) is 17.2 Å². The number of oxazole rings is 1. The number of nitrogens with one attached hydrogen (secondary N) is 1. The molecule has 0 aliphatic heterocycles. The van der Waals surface area contributed by atoms with Crippen molar-refractivity contribution in [2.75, 3.05) is 5.32 Å². The fraction of sp³-hybridized carbons (Fsp3) is 0.0400. The second kappa shape index (κ2) is 8.24. The van der Waals surface area contributed by atoms with E-state index >= 15 is 0 Å². The number of halogens is 1. The number of anilines is 1. The van der Waals surface area contributed by atoms with Crippen LogP contribution in [0.5, 0.6) is 5.75 Å². The van der Waals surface area contributed by atoms with E-state index in [4.69, 9.17) is 20.8 Å². The second-order valence-electron chi connectivity index (χ2n) is 7.25. The molecule has 6 nitrogen and oxygen atoms in total. The van der Waals surface area contributed by atoms with Gasteiger partial charge in [0.1, 0.15) is 17.9 Å². The molecule has 0 bridgehead atoms. The van der Waals surface area contributed by atoms with Crippen molar-refractivity contribution in [1.82, 2.24) is 4.98 Å². The molecule has 0 radical (unpaired) electrons. The van der Waals surface area contributed by atoms with E-state index in [2.05, 4.69) is 10.3 Å². The van der Waals surface area contributed by atoms with Crippen LogP contribution in [-0.2, 0) is 11.3 Å². The molecule has 0 spiro atoms. The third-order valence-corrected chi connectivity index (χ3v) is 5.24. The van der Waals surface area contributed by atoms with E-state index < -0.39 is 6.09 Å². The van der Waals surface area contributed by atoms with Crippen LogP contribution in [0.3, 0.4) is 0 Å². The predicted octanol–water partition coefficient (Wildman–Crippen LogP) is 6.76. The molecule has 1 aromatic heterocycles. The molecule has 1 heterocycles. The van der Waals surface area contributed by atoms with E-state index in [-0.39, 0.29) is 18.2 Å². The van der Waals surface area contributed by atoms with Crippen molar-refractivity contribution in [3.05, 3.63) is 89.4 Å². The first-order valence-electron chi connectivity index (χ1n) is 9.86. The second-order valence-corrected chi connectivity index (χ2v) is 7.68. The molecule has 0 aliphatic rings. The van der Waals surface area contributed by atoms with Crippen molar-refractivity contribution in [3.63, 3.8) is 0 Å². The van der Waals surface area contributed by atoms with Crippen LogP contribution in [0.15, 0.2) is 83.3 Å². The summed E-state index contributed by atoms with van der Waals surface area (Å²) in [7, 11) is 0. The maximum atomic E-state index is 12.3. The van der Waals surface area contributed by atoms with Crippen LogP contribution in [0.25, 0.3) is 33.3 Å². The number of rotatable bonds is 4. The standard InChI is InChI=1S/C25H17ClN2O4/c26-18-7-10-23-21(12-18)28-24(32-23)20-13-19(8-9-22(20)29)27-25(30)31-14-15-5-6-16-3-1-2-4-17(16)11-15/h1-13,29H,14H2,(H,27,30). The fourth-order valence-corrected chi connectivity index (χ4v) is 3.60. The maximum absolute atomic E-state index is 12.3. The minimum absolute atomic E-state index is 0.0299. The van der Waals surface area contributed by atoms with Crippen molar-refractivity contribution in [2.24, 2.45) is 0 Å². The van der Waals surface area contributed by atoms with Gasteiger partial charge in [-0.25, -0.2) is 9.78 Å². The predicted molar refractivity (Wildman–Crippen MR) is 124 cm³/mol. The van der Waals surface area contributed by atoms with Crippen LogP contribution < -0.4 is 5.32 Å². The minimum Gasteiger partial charge on any atom is -0.507 e. The van der Waals surface area contributed by atoms with Gasteiger partial charge in [-0.3, -0.25) is 5.32 Å². The lowest BCUT2D eigenvalue weighted by molar-refractivity contribution is 0.155. The number of ether oxygens (including phenoxy) is 1. The zero-order valence-corrected chi connectivity index (χ0v) is 17.5. The molecule has 2 N–H and O–H groups in total. The Labute approximate surface area is 188 Å². The number of hydrogen-bond donors (Lipinski definition) is 2. The van der Waals surface area contributed by atoms with Gasteiger partial charge in [0.2, 0.25) is 5.89 Å². The lowest BCUT2D eigenvalue weighted by atomic mass is 10.1. The van der Waals surface area contributed by atoms with Gasteiger partial charge in [0.15, 0.2) is 5.58 Å². The molecule has 4 aromatic carbocycles. The van der Waals surface area contributed by atoms with Gasteiger partial charge < -0.3 is 14.3 Å². The molecule has 0 fully saturated rings. The average molecular weight is 445 g/mol. The van der Waals surface area contributed by atoms with Crippen LogP contribution in [0, 0.1) is 0 Å². The molecule has 32 heavy (non-hydrogen) atoms. The monoisotopic (exact) mass is 444 g/mol. The van der Waals surface area contributed by atoms with E-state index in [1.54, 1.807) is 30.3 Å². The number of hydrogen-bond acceptors (Lipinski definition) is 5. The molecular weight excluding hydrogens is 428 g/mol. The number of aromatic hydroxyl groups is 1. The summed E-state index contributed by atoms with van der Waals surface area (Å²) in [6, 6.07) is 23.6. The number of phenols is 1. The van der Waals surface area contributed by atoms with Crippen LogP contribution >= 0.6 is 11.6 Å². The molecule has 0 atom stereocenters. The highest BCUT2D eigenvalue weighted by Crippen LogP contribution is 2.34. The van der Waals surface area contributed by atoms with Gasteiger partial charge in [-0.1, -0.05) is 48.0 Å². The van der Waals surface area contributed by atoms with Crippen molar-refractivity contribution < 1.29 is 19.1 Å². The van der Waals surface area contributed by atoms with Crippen molar-refractivity contribution >= 4 is 45.3 Å². The molecular formula is C25H17ClN2O4. The summed E-state index contributed by atoms with van der Waals surface area (Å²) in [6.07, 6.45) is -0.612. The normalized spacial score (nSPS) is 11.0. The quantitative estimate of drug-likeness (QED) is 0.299. The summed E-state index contributed by atoms with van der Waals surface area (Å²) in [6.45, 7) is 0.132. The van der Waals surface area contributed by atoms with Crippen LogP contribution in [-0.4, -0.2) is 16.2 Å². The van der Waals surface area contributed by atoms with Gasteiger partial charge in [0.05, 0.1) is 5.56 Å². The van der Waals surface area contributed by atoms with Gasteiger partial charge in [0, 0.05) is 10.7 Å². The van der Waals surface area contributed by atoms with Gasteiger partial charge in [-0.05, 0) is 58.8 Å². The van der Waals surface area contributed by atoms with Crippen molar-refractivity contribution in [2.45, 2.75) is 6.61 Å². The molecule has 1 amide bonds. The Bertz CT molecular complexity index is 1460. The Morgan fingerprint density at radius 1 is 1.00 bits per heavy atom. The van der Waals surface area contributed by atoms with Crippen LogP contribution in [0.4, 0.5) is 10.5 Å².